The topological polar surface area (TPSA) is 57.8 Å². The number of aromatic nitrogens is 2. The van der Waals surface area contributed by atoms with Crippen molar-refractivity contribution < 1.29 is 10.3 Å². The standard InChI is InChI=1S/C15H20N4O/c1-20-18-14-4-2-12(3-5-14)13-6-8-19(9-7-13)15-10-16-17-11-15/h2-5,10-11,13,18H,6-9H2,1H3,(H,16,17)/p+1. The molecule has 0 radical (unpaired) electrons. The molecule has 0 amide bonds. The molecular weight excluding hydrogens is 252 g/mol. The number of H-pyrrole nitrogens is 1. The van der Waals surface area contributed by atoms with Crippen LogP contribution >= 0.6 is 0 Å². The lowest BCUT2D eigenvalue weighted by Gasteiger charge is -2.32. The molecule has 2 aromatic rings. The zero-order valence-corrected chi connectivity index (χ0v) is 11.7. The Morgan fingerprint density at radius 2 is 2.00 bits per heavy atom. The van der Waals surface area contributed by atoms with E-state index in [9.17, 15) is 0 Å². The maximum absolute atomic E-state index is 5.03. The van der Waals surface area contributed by atoms with Crippen molar-refractivity contribution >= 4 is 11.4 Å². The van der Waals surface area contributed by atoms with Crippen LogP contribution in [0.1, 0.15) is 24.3 Å². The monoisotopic (exact) mass is 273 g/mol. The van der Waals surface area contributed by atoms with Crippen LogP contribution in [0.2, 0.25) is 0 Å². The van der Waals surface area contributed by atoms with E-state index >= 15 is 0 Å². The Morgan fingerprint density at radius 1 is 1.25 bits per heavy atom. The molecule has 3 N–H and O–H groups in total. The summed E-state index contributed by atoms with van der Waals surface area (Å²) >= 11 is 0. The minimum absolute atomic E-state index is 0.662. The number of hydrogen-bond acceptors (Lipinski definition) is 3. The SMILES string of the molecule is CO[NH2+]c1ccc(C2CCN(c3cn[nH]c3)CC2)cc1. The molecule has 0 bridgehead atoms. The van der Waals surface area contributed by atoms with Gasteiger partial charge in [-0.05, 0) is 24.3 Å². The van der Waals surface area contributed by atoms with E-state index < -0.39 is 0 Å². The predicted molar refractivity (Wildman–Crippen MR) is 77.8 cm³/mol. The van der Waals surface area contributed by atoms with E-state index in [4.69, 9.17) is 4.84 Å². The van der Waals surface area contributed by atoms with Gasteiger partial charge in [-0.3, -0.25) is 5.10 Å². The van der Waals surface area contributed by atoms with E-state index in [-0.39, 0.29) is 0 Å². The van der Waals surface area contributed by atoms with Crippen molar-refractivity contribution in [3.8, 4) is 0 Å². The summed E-state index contributed by atoms with van der Waals surface area (Å²) in [5, 5.41) is 6.90. The molecule has 1 saturated heterocycles. The van der Waals surface area contributed by atoms with Crippen LogP contribution in [-0.2, 0) is 4.84 Å². The Labute approximate surface area is 118 Å². The number of aromatic amines is 1. The Morgan fingerprint density at radius 3 is 2.60 bits per heavy atom. The summed E-state index contributed by atoms with van der Waals surface area (Å²) in [6.07, 6.45) is 6.25. The summed E-state index contributed by atoms with van der Waals surface area (Å²) in [6.45, 7) is 2.19. The molecule has 0 unspecified atom stereocenters. The lowest BCUT2D eigenvalue weighted by molar-refractivity contribution is -0.830. The first-order chi connectivity index (χ1) is 9.86. The first-order valence-corrected chi connectivity index (χ1v) is 7.06. The van der Waals surface area contributed by atoms with Crippen molar-refractivity contribution in [1.82, 2.24) is 10.2 Å². The maximum Gasteiger partial charge on any atom is 0.161 e. The first kappa shape index (κ1) is 13.1. The number of rotatable bonds is 4. The number of anilines is 1. The van der Waals surface area contributed by atoms with Crippen molar-refractivity contribution in [2.24, 2.45) is 0 Å². The molecule has 5 heteroatoms. The number of benzene rings is 1. The quantitative estimate of drug-likeness (QED) is 0.656. The lowest BCUT2D eigenvalue weighted by Crippen LogP contribution is -2.75. The third-order valence-electron chi connectivity index (χ3n) is 4.01. The second-order valence-corrected chi connectivity index (χ2v) is 5.24. The van der Waals surface area contributed by atoms with Gasteiger partial charge in [0.1, 0.15) is 0 Å². The highest BCUT2D eigenvalue weighted by molar-refractivity contribution is 5.43. The Balaban J connectivity index is 1.60. The molecule has 5 nitrogen and oxygen atoms in total. The zero-order chi connectivity index (χ0) is 13.8. The Hall–Kier alpha value is -1.85. The molecule has 0 atom stereocenters. The van der Waals surface area contributed by atoms with E-state index in [2.05, 4.69) is 39.4 Å². The zero-order valence-electron chi connectivity index (χ0n) is 11.7. The van der Waals surface area contributed by atoms with Crippen LogP contribution in [0.15, 0.2) is 36.7 Å². The minimum Gasteiger partial charge on any atom is -0.369 e. The van der Waals surface area contributed by atoms with Gasteiger partial charge in [-0.25, -0.2) is 4.84 Å². The van der Waals surface area contributed by atoms with Crippen molar-refractivity contribution in [2.75, 3.05) is 25.1 Å². The fourth-order valence-electron chi connectivity index (χ4n) is 2.87. The highest BCUT2D eigenvalue weighted by Gasteiger charge is 2.21. The molecule has 2 heterocycles. The summed E-state index contributed by atoms with van der Waals surface area (Å²) in [5.74, 6) is 0.662. The number of piperidine rings is 1. The van der Waals surface area contributed by atoms with E-state index in [1.807, 2.05) is 12.4 Å². The van der Waals surface area contributed by atoms with Crippen LogP contribution in [-0.4, -0.2) is 30.4 Å². The van der Waals surface area contributed by atoms with Crippen molar-refractivity contribution in [3.63, 3.8) is 0 Å². The Bertz CT molecular complexity index is 515. The van der Waals surface area contributed by atoms with Gasteiger partial charge in [0, 0.05) is 31.4 Å². The van der Waals surface area contributed by atoms with Crippen LogP contribution < -0.4 is 10.4 Å². The second-order valence-electron chi connectivity index (χ2n) is 5.24. The molecule has 1 aliphatic rings. The molecule has 3 rings (SSSR count). The van der Waals surface area contributed by atoms with E-state index in [1.54, 1.807) is 12.6 Å². The number of nitrogens with zero attached hydrogens (tertiary/aromatic N) is 2. The van der Waals surface area contributed by atoms with Gasteiger partial charge < -0.3 is 4.90 Å². The molecule has 0 saturated carbocycles. The van der Waals surface area contributed by atoms with Gasteiger partial charge in [0.25, 0.3) is 0 Å². The second kappa shape index (κ2) is 6.07. The molecule has 1 aromatic carbocycles. The fraction of sp³-hybridized carbons (Fsp3) is 0.400. The lowest BCUT2D eigenvalue weighted by atomic mass is 9.89. The largest absolute Gasteiger partial charge is 0.369 e. The molecule has 0 spiro atoms. The summed E-state index contributed by atoms with van der Waals surface area (Å²) < 4.78 is 0. The summed E-state index contributed by atoms with van der Waals surface area (Å²) in [6, 6.07) is 8.70. The molecule has 0 aliphatic carbocycles. The van der Waals surface area contributed by atoms with Crippen LogP contribution in [0.3, 0.4) is 0 Å². The molecule has 106 valence electrons. The highest BCUT2D eigenvalue weighted by Crippen LogP contribution is 2.30. The van der Waals surface area contributed by atoms with Crippen LogP contribution in [0.4, 0.5) is 11.4 Å². The smallest absolute Gasteiger partial charge is 0.161 e. The van der Waals surface area contributed by atoms with Crippen LogP contribution in [0.25, 0.3) is 0 Å². The van der Waals surface area contributed by atoms with E-state index in [0.717, 1.165) is 18.8 Å². The molecular formula is C15H21N4O+. The molecule has 1 aliphatic heterocycles. The highest BCUT2D eigenvalue weighted by atomic mass is 16.6. The first-order valence-electron chi connectivity index (χ1n) is 7.06. The van der Waals surface area contributed by atoms with Crippen LogP contribution in [0, 0.1) is 0 Å². The molecule has 1 fully saturated rings. The van der Waals surface area contributed by atoms with Gasteiger partial charge in [0.2, 0.25) is 0 Å². The van der Waals surface area contributed by atoms with Crippen molar-refractivity contribution in [2.45, 2.75) is 18.8 Å². The summed E-state index contributed by atoms with van der Waals surface area (Å²) in [5.41, 5.74) is 5.52. The maximum atomic E-state index is 5.03. The number of nitrogens with one attached hydrogen (secondary N) is 1. The van der Waals surface area contributed by atoms with E-state index in [1.165, 1.54) is 24.1 Å². The van der Waals surface area contributed by atoms with Gasteiger partial charge in [-0.15, -0.1) is 0 Å². The third-order valence-corrected chi connectivity index (χ3v) is 4.01. The third kappa shape index (κ3) is 2.84. The normalized spacial score (nSPS) is 16.6. The average molecular weight is 273 g/mol. The fourth-order valence-corrected chi connectivity index (χ4v) is 2.87. The van der Waals surface area contributed by atoms with Crippen LogP contribution in [0.5, 0.6) is 0 Å². The van der Waals surface area contributed by atoms with Gasteiger partial charge in [0.05, 0.1) is 19.0 Å². The minimum atomic E-state index is 0.662. The average Bonchev–Trinajstić information content (AvgIpc) is 3.03. The molecule has 20 heavy (non-hydrogen) atoms. The van der Waals surface area contributed by atoms with Crippen molar-refractivity contribution in [1.29, 1.82) is 0 Å². The predicted octanol–water partition coefficient (Wildman–Crippen LogP) is 1.55. The van der Waals surface area contributed by atoms with Gasteiger partial charge in [-0.2, -0.15) is 10.6 Å². The van der Waals surface area contributed by atoms with Gasteiger partial charge >= 0.3 is 0 Å². The summed E-state index contributed by atoms with van der Waals surface area (Å²) in [4.78, 5) is 7.42. The summed E-state index contributed by atoms with van der Waals surface area (Å²) in [7, 11) is 1.68. The van der Waals surface area contributed by atoms with Gasteiger partial charge in [0.15, 0.2) is 5.69 Å². The van der Waals surface area contributed by atoms with Gasteiger partial charge in [-0.1, -0.05) is 12.1 Å². The number of nitrogens with two attached hydrogens (primary N) is 1. The Kier molecular flexibility index (Phi) is 3.99. The number of quaternary nitrogens is 1. The number of hydrogen-bond donors (Lipinski definition) is 2. The molecule has 1 aromatic heterocycles. The van der Waals surface area contributed by atoms with E-state index in [0.29, 0.717) is 5.92 Å². The van der Waals surface area contributed by atoms with Crippen molar-refractivity contribution in [3.05, 3.63) is 42.2 Å².